The van der Waals surface area contributed by atoms with Crippen molar-refractivity contribution < 1.29 is 0 Å². The van der Waals surface area contributed by atoms with Crippen LogP contribution in [0, 0.1) is 13.8 Å². The van der Waals surface area contributed by atoms with Gasteiger partial charge in [0.2, 0.25) is 0 Å². The largest absolute Gasteiger partial charge is 0.330 e. The summed E-state index contributed by atoms with van der Waals surface area (Å²) in [6.07, 6.45) is 2.01. The smallest absolute Gasteiger partial charge is 0.174 e. The van der Waals surface area contributed by atoms with Crippen LogP contribution in [-0.4, -0.2) is 29.7 Å². The van der Waals surface area contributed by atoms with Crippen molar-refractivity contribution in [2.75, 3.05) is 13.1 Å². The molecule has 0 atom stereocenters. The summed E-state index contributed by atoms with van der Waals surface area (Å²) < 4.78 is 0.913. The molecule has 2 heterocycles. The first kappa shape index (κ1) is 12.4. The quantitative estimate of drug-likeness (QED) is 0.809. The van der Waals surface area contributed by atoms with Gasteiger partial charge in [-0.15, -0.1) is 0 Å². The van der Waals surface area contributed by atoms with Crippen LogP contribution in [-0.2, 0) is 0 Å². The minimum absolute atomic E-state index is 0.801. The summed E-state index contributed by atoms with van der Waals surface area (Å²) in [5, 5.41) is 3.23. The number of hydrogen-bond acceptors (Lipinski definition) is 3. The van der Waals surface area contributed by atoms with E-state index in [0.29, 0.717) is 0 Å². The fraction of sp³-hybridized carbons (Fsp3) is 0.286. The Morgan fingerprint density at radius 1 is 1.32 bits per heavy atom. The van der Waals surface area contributed by atoms with Crippen LogP contribution < -0.4 is 5.32 Å². The molecule has 0 radical (unpaired) electrons. The molecular weight excluding hydrogens is 304 g/mol. The van der Waals surface area contributed by atoms with Gasteiger partial charge in [-0.2, -0.15) is 0 Å². The van der Waals surface area contributed by atoms with E-state index in [0.717, 1.165) is 35.1 Å². The Hall–Kier alpha value is -1.62. The predicted molar refractivity (Wildman–Crippen MR) is 82.2 cm³/mol. The molecule has 19 heavy (non-hydrogen) atoms. The van der Waals surface area contributed by atoms with E-state index < -0.39 is 0 Å². The van der Waals surface area contributed by atoms with Crippen molar-refractivity contribution in [3.8, 4) is 0 Å². The number of rotatable bonds is 1. The van der Waals surface area contributed by atoms with Gasteiger partial charge in [0.05, 0.1) is 12.2 Å². The van der Waals surface area contributed by atoms with E-state index in [1.165, 1.54) is 11.1 Å². The maximum Gasteiger partial charge on any atom is 0.174 e. The van der Waals surface area contributed by atoms with E-state index in [-0.39, 0.29) is 0 Å². The second-order valence-electron chi connectivity index (χ2n) is 4.73. The lowest BCUT2D eigenvalue weighted by atomic mass is 10.1. The van der Waals surface area contributed by atoms with Crippen molar-refractivity contribution in [3.63, 3.8) is 0 Å². The zero-order chi connectivity index (χ0) is 13.4. The van der Waals surface area contributed by atoms with Gasteiger partial charge in [-0.3, -0.25) is 4.99 Å². The van der Waals surface area contributed by atoms with Gasteiger partial charge >= 0.3 is 0 Å². The Labute approximate surface area is 121 Å². The van der Waals surface area contributed by atoms with Gasteiger partial charge in [-0.05, 0) is 53.0 Å². The van der Waals surface area contributed by atoms with Crippen molar-refractivity contribution in [3.05, 3.63) is 40.1 Å². The van der Waals surface area contributed by atoms with Crippen LogP contribution in [0.5, 0.6) is 0 Å². The first-order chi connectivity index (χ1) is 9.13. The van der Waals surface area contributed by atoms with Crippen LogP contribution in [0.1, 0.15) is 11.1 Å². The maximum absolute atomic E-state index is 4.68. The number of nitrogens with one attached hydrogen (secondary N) is 1. The lowest BCUT2D eigenvalue weighted by Crippen LogP contribution is -2.42. The Morgan fingerprint density at radius 3 is 2.95 bits per heavy atom. The first-order valence-electron chi connectivity index (χ1n) is 6.25. The summed E-state index contributed by atoms with van der Waals surface area (Å²) >= 11 is 3.48. The van der Waals surface area contributed by atoms with Crippen molar-refractivity contribution in [1.82, 2.24) is 10.2 Å². The summed E-state index contributed by atoms with van der Waals surface area (Å²) in [5.74, 6) is 1.72. The van der Waals surface area contributed by atoms with Gasteiger partial charge in [0, 0.05) is 12.7 Å². The summed E-state index contributed by atoms with van der Waals surface area (Å²) in [4.78, 5) is 11.3. The number of amidine groups is 2. The third-order valence-corrected chi connectivity index (χ3v) is 3.73. The van der Waals surface area contributed by atoms with E-state index in [2.05, 4.69) is 62.1 Å². The van der Waals surface area contributed by atoms with Crippen LogP contribution in [0.15, 0.2) is 39.0 Å². The molecule has 2 aliphatic rings. The van der Waals surface area contributed by atoms with Gasteiger partial charge in [0.15, 0.2) is 11.7 Å². The molecule has 5 heteroatoms. The Kier molecular flexibility index (Phi) is 3.14. The van der Waals surface area contributed by atoms with Gasteiger partial charge in [0.25, 0.3) is 0 Å². The topological polar surface area (TPSA) is 40.0 Å². The van der Waals surface area contributed by atoms with Crippen LogP contribution in [0.2, 0.25) is 0 Å². The van der Waals surface area contributed by atoms with Crippen molar-refractivity contribution in [2.45, 2.75) is 13.8 Å². The second kappa shape index (κ2) is 4.81. The Morgan fingerprint density at radius 2 is 2.16 bits per heavy atom. The molecule has 1 aromatic carbocycles. The average molecular weight is 319 g/mol. The lowest BCUT2D eigenvalue weighted by molar-refractivity contribution is 0.605. The van der Waals surface area contributed by atoms with Gasteiger partial charge in [0.1, 0.15) is 4.61 Å². The molecule has 0 saturated heterocycles. The molecule has 4 nitrogen and oxygen atoms in total. The van der Waals surface area contributed by atoms with E-state index in [1.54, 1.807) is 0 Å². The number of hydrogen-bond donors (Lipinski definition) is 1. The number of aryl methyl sites for hydroxylation is 2. The molecule has 3 rings (SSSR count). The number of benzene rings is 1. The molecule has 0 aliphatic carbocycles. The zero-order valence-electron chi connectivity index (χ0n) is 10.9. The predicted octanol–water partition coefficient (Wildman–Crippen LogP) is 2.84. The summed E-state index contributed by atoms with van der Waals surface area (Å²) in [7, 11) is 0. The number of halogens is 1. The molecule has 1 N–H and O–H groups in total. The van der Waals surface area contributed by atoms with Crippen molar-refractivity contribution in [1.29, 1.82) is 0 Å². The molecule has 0 saturated carbocycles. The Bertz CT molecular complexity index is 616. The highest BCUT2D eigenvalue weighted by Gasteiger charge is 2.25. The molecule has 98 valence electrons. The van der Waals surface area contributed by atoms with Crippen molar-refractivity contribution in [2.24, 2.45) is 9.98 Å². The fourth-order valence-corrected chi connectivity index (χ4v) is 2.57. The second-order valence-corrected chi connectivity index (χ2v) is 5.58. The summed E-state index contributed by atoms with van der Waals surface area (Å²) in [6.45, 7) is 5.94. The van der Waals surface area contributed by atoms with E-state index in [1.807, 2.05) is 12.3 Å². The Balaban J connectivity index is 1.98. The van der Waals surface area contributed by atoms with Crippen LogP contribution >= 0.6 is 15.9 Å². The molecule has 0 amide bonds. The SMILES string of the molecule is Cc1ccc(N=C2NC(Br)=CN3CCN=C23)cc1C. The highest BCUT2D eigenvalue weighted by atomic mass is 79.9. The monoisotopic (exact) mass is 318 g/mol. The highest BCUT2D eigenvalue weighted by molar-refractivity contribution is 9.11. The minimum Gasteiger partial charge on any atom is -0.330 e. The summed E-state index contributed by atoms with van der Waals surface area (Å²) in [5.41, 5.74) is 3.47. The van der Waals surface area contributed by atoms with Crippen LogP contribution in [0.25, 0.3) is 0 Å². The summed E-state index contributed by atoms with van der Waals surface area (Å²) in [6, 6.07) is 6.22. The van der Waals surface area contributed by atoms with E-state index in [4.69, 9.17) is 0 Å². The van der Waals surface area contributed by atoms with Crippen molar-refractivity contribution >= 4 is 33.3 Å². The molecule has 0 spiro atoms. The van der Waals surface area contributed by atoms with Crippen LogP contribution in [0.4, 0.5) is 5.69 Å². The molecule has 0 fully saturated rings. The molecule has 2 aliphatic heterocycles. The van der Waals surface area contributed by atoms with Crippen LogP contribution in [0.3, 0.4) is 0 Å². The molecular formula is C14H15BrN4. The lowest BCUT2D eigenvalue weighted by Gasteiger charge is -2.23. The average Bonchev–Trinajstić information content (AvgIpc) is 2.82. The third kappa shape index (κ3) is 2.42. The van der Waals surface area contributed by atoms with Gasteiger partial charge in [-0.1, -0.05) is 6.07 Å². The minimum atomic E-state index is 0.801. The zero-order valence-corrected chi connectivity index (χ0v) is 12.5. The molecule has 0 unspecified atom stereocenters. The molecule has 0 aromatic heterocycles. The highest BCUT2D eigenvalue weighted by Crippen LogP contribution is 2.20. The molecule has 0 bridgehead atoms. The third-order valence-electron chi connectivity index (χ3n) is 3.32. The van der Waals surface area contributed by atoms with E-state index in [9.17, 15) is 0 Å². The number of aliphatic imine (C=N–C) groups is 2. The first-order valence-corrected chi connectivity index (χ1v) is 7.04. The van der Waals surface area contributed by atoms with Gasteiger partial charge < -0.3 is 10.2 Å². The number of fused-ring (bicyclic) bond motifs is 1. The number of nitrogens with zero attached hydrogens (tertiary/aromatic N) is 3. The fourth-order valence-electron chi connectivity index (χ4n) is 2.14. The standard InChI is InChI=1S/C14H15BrN4/c1-9-3-4-11(7-10(9)2)17-13-14-16-5-6-19(14)8-12(15)18-13/h3-4,7-8H,5-6H2,1-2H3,(H,17,18). The molecule has 1 aromatic rings. The van der Waals surface area contributed by atoms with Gasteiger partial charge in [-0.25, -0.2) is 4.99 Å². The normalized spacial score (nSPS) is 19.9. The van der Waals surface area contributed by atoms with E-state index >= 15 is 0 Å². The maximum atomic E-state index is 4.68.